The zero-order valence-electron chi connectivity index (χ0n) is 18.1. The molecule has 3 aliphatic rings. The second kappa shape index (κ2) is 7.24. The van der Waals surface area contributed by atoms with Gasteiger partial charge in [-0.15, -0.1) is 0 Å². The number of esters is 1. The molecule has 1 N–H and O–H groups in total. The van der Waals surface area contributed by atoms with E-state index in [9.17, 15) is 9.90 Å². The van der Waals surface area contributed by atoms with Crippen LogP contribution < -0.4 is 0 Å². The Morgan fingerprint density at radius 3 is 2.62 bits per heavy atom. The molecule has 1 saturated heterocycles. The topological polar surface area (TPSA) is 55.8 Å². The van der Waals surface area contributed by atoms with Crippen LogP contribution in [0.2, 0.25) is 0 Å². The number of hydrogen-bond acceptors (Lipinski definition) is 4. The van der Waals surface area contributed by atoms with Crippen LogP contribution in [-0.2, 0) is 20.9 Å². The predicted molar refractivity (Wildman–Crippen MR) is 112 cm³/mol. The van der Waals surface area contributed by atoms with Crippen molar-refractivity contribution in [3.8, 4) is 0 Å². The van der Waals surface area contributed by atoms with E-state index in [0.717, 1.165) is 12.0 Å². The third-order valence-corrected chi connectivity index (χ3v) is 8.11. The number of aliphatic hydroxyl groups excluding tert-OH is 1. The maximum atomic E-state index is 12.4. The van der Waals surface area contributed by atoms with E-state index in [-0.39, 0.29) is 17.8 Å². The number of aliphatic hydroxyl groups is 1. The molecule has 4 nitrogen and oxygen atoms in total. The first-order valence-electron chi connectivity index (χ1n) is 10.9. The lowest BCUT2D eigenvalue weighted by Gasteiger charge is -2.42. The maximum absolute atomic E-state index is 12.4. The number of fused-ring (bicyclic) bond motifs is 2. The zero-order valence-corrected chi connectivity index (χ0v) is 18.1. The van der Waals surface area contributed by atoms with Crippen molar-refractivity contribution in [2.75, 3.05) is 6.61 Å². The number of hydrogen-bond donors (Lipinski definition) is 1. The Morgan fingerprint density at radius 1 is 1.21 bits per heavy atom. The fraction of sp³-hybridized carbons (Fsp3) is 0.640. The quantitative estimate of drug-likeness (QED) is 0.579. The summed E-state index contributed by atoms with van der Waals surface area (Å²) in [6.07, 6.45) is 4.34. The highest BCUT2D eigenvalue weighted by atomic mass is 16.6. The summed E-state index contributed by atoms with van der Waals surface area (Å²) >= 11 is 0. The monoisotopic (exact) mass is 398 g/mol. The number of carbonyl (C=O) groups is 1. The number of benzene rings is 1. The minimum atomic E-state index is -0.812. The van der Waals surface area contributed by atoms with Gasteiger partial charge in [-0.2, -0.15) is 0 Å². The van der Waals surface area contributed by atoms with Crippen molar-refractivity contribution < 1.29 is 19.4 Å². The lowest BCUT2D eigenvalue weighted by Crippen LogP contribution is -2.52. The summed E-state index contributed by atoms with van der Waals surface area (Å²) < 4.78 is 12.1. The van der Waals surface area contributed by atoms with Gasteiger partial charge >= 0.3 is 5.97 Å². The van der Waals surface area contributed by atoms with Crippen molar-refractivity contribution in [3.63, 3.8) is 0 Å². The van der Waals surface area contributed by atoms with E-state index in [1.165, 1.54) is 5.57 Å². The molecular formula is C25H34O4. The summed E-state index contributed by atoms with van der Waals surface area (Å²) in [6, 6.07) is 10.0. The molecule has 2 fully saturated rings. The molecule has 4 heteroatoms. The SMILES string of the molecule is CC(C)[C@H]1CC=C2C[C@@]3(COCc4ccccc4)OC(=O)C[C@@]3(C)[C@H](O)C[C@@]21C. The molecule has 0 radical (unpaired) electrons. The van der Waals surface area contributed by atoms with Gasteiger partial charge in [0.15, 0.2) is 0 Å². The van der Waals surface area contributed by atoms with Crippen molar-refractivity contribution in [1.82, 2.24) is 0 Å². The Balaban J connectivity index is 1.64. The maximum Gasteiger partial charge on any atom is 0.307 e. The van der Waals surface area contributed by atoms with Crippen molar-refractivity contribution in [1.29, 1.82) is 0 Å². The number of rotatable bonds is 5. The van der Waals surface area contributed by atoms with Crippen molar-refractivity contribution in [2.24, 2.45) is 22.7 Å². The first kappa shape index (κ1) is 20.6. The molecule has 158 valence electrons. The van der Waals surface area contributed by atoms with E-state index < -0.39 is 17.1 Å². The molecule has 0 aromatic heterocycles. The number of carbonyl (C=O) groups excluding carboxylic acids is 1. The van der Waals surface area contributed by atoms with E-state index in [1.807, 2.05) is 37.3 Å². The lowest BCUT2D eigenvalue weighted by molar-refractivity contribution is -0.167. The number of ether oxygens (including phenoxy) is 2. The van der Waals surface area contributed by atoms with E-state index in [4.69, 9.17) is 9.47 Å². The molecule has 2 aliphatic carbocycles. The highest BCUT2D eigenvalue weighted by molar-refractivity contribution is 5.74. The molecule has 1 aromatic rings. The Bertz CT molecular complexity index is 800. The fourth-order valence-corrected chi connectivity index (χ4v) is 6.14. The van der Waals surface area contributed by atoms with Crippen LogP contribution in [0.4, 0.5) is 0 Å². The molecular weight excluding hydrogens is 364 g/mol. The molecule has 5 atom stereocenters. The molecule has 0 spiro atoms. The van der Waals surface area contributed by atoms with Gasteiger partial charge in [0.2, 0.25) is 0 Å². The molecule has 1 aliphatic heterocycles. The standard InChI is InChI=1S/C25H34O4/c1-17(2)20-11-10-19-12-25(16-28-15-18-8-6-5-7-9-18)24(4,14-22(27)29-25)21(26)13-23(19,20)3/h5-10,17,20-21,26H,11-16H2,1-4H3/t20-,21-,23+,24+,25+/m1/s1. The Kier molecular flexibility index (Phi) is 5.15. The van der Waals surface area contributed by atoms with Crippen LogP contribution in [0.25, 0.3) is 0 Å². The third-order valence-electron chi connectivity index (χ3n) is 8.11. The normalized spacial score (nSPS) is 39.0. The molecule has 0 unspecified atom stereocenters. The largest absolute Gasteiger partial charge is 0.456 e. The second-order valence-corrected chi connectivity index (χ2v) is 10.2. The summed E-state index contributed by atoms with van der Waals surface area (Å²) in [6.45, 7) is 9.63. The molecule has 0 bridgehead atoms. The first-order chi connectivity index (χ1) is 13.7. The molecule has 1 heterocycles. The molecule has 1 aromatic carbocycles. The summed E-state index contributed by atoms with van der Waals surface area (Å²) in [5.74, 6) is 0.824. The minimum absolute atomic E-state index is 0.0558. The van der Waals surface area contributed by atoms with Crippen LogP contribution in [0.5, 0.6) is 0 Å². The second-order valence-electron chi connectivity index (χ2n) is 10.2. The van der Waals surface area contributed by atoms with Gasteiger partial charge in [0.25, 0.3) is 0 Å². The third kappa shape index (κ3) is 3.25. The van der Waals surface area contributed by atoms with Crippen LogP contribution in [0.1, 0.15) is 58.9 Å². The Hall–Kier alpha value is -1.65. The minimum Gasteiger partial charge on any atom is -0.456 e. The molecule has 1 saturated carbocycles. The smallest absolute Gasteiger partial charge is 0.307 e. The van der Waals surface area contributed by atoms with Gasteiger partial charge in [-0.3, -0.25) is 4.79 Å². The van der Waals surface area contributed by atoms with Crippen LogP contribution >= 0.6 is 0 Å². The molecule has 4 rings (SSSR count). The van der Waals surface area contributed by atoms with Crippen LogP contribution in [0.15, 0.2) is 42.0 Å². The average Bonchev–Trinajstić information content (AvgIpc) is 3.08. The van der Waals surface area contributed by atoms with Crippen molar-refractivity contribution >= 4 is 5.97 Å². The van der Waals surface area contributed by atoms with Gasteiger partial charge in [-0.25, -0.2) is 0 Å². The van der Waals surface area contributed by atoms with Crippen LogP contribution in [0, 0.1) is 22.7 Å². The molecule has 29 heavy (non-hydrogen) atoms. The first-order valence-corrected chi connectivity index (χ1v) is 10.9. The summed E-state index contributed by atoms with van der Waals surface area (Å²) in [4.78, 5) is 12.4. The highest BCUT2D eigenvalue weighted by Gasteiger charge is 2.66. The van der Waals surface area contributed by atoms with Crippen LogP contribution in [0.3, 0.4) is 0 Å². The van der Waals surface area contributed by atoms with Gasteiger partial charge < -0.3 is 14.6 Å². The van der Waals surface area contributed by atoms with Gasteiger partial charge in [-0.1, -0.05) is 69.7 Å². The predicted octanol–water partition coefficient (Wildman–Crippen LogP) is 4.66. The van der Waals surface area contributed by atoms with Crippen molar-refractivity contribution in [2.45, 2.75) is 71.7 Å². The lowest BCUT2D eigenvalue weighted by atomic mass is 9.66. The van der Waals surface area contributed by atoms with E-state index in [1.54, 1.807) is 0 Å². The van der Waals surface area contributed by atoms with E-state index >= 15 is 0 Å². The fourth-order valence-electron chi connectivity index (χ4n) is 6.14. The summed E-state index contributed by atoms with van der Waals surface area (Å²) in [5.41, 5.74) is 0.912. The van der Waals surface area contributed by atoms with E-state index in [0.29, 0.717) is 37.9 Å². The van der Waals surface area contributed by atoms with Gasteiger partial charge in [0, 0.05) is 11.8 Å². The van der Waals surface area contributed by atoms with E-state index in [2.05, 4.69) is 26.8 Å². The van der Waals surface area contributed by atoms with Gasteiger partial charge in [0.05, 0.1) is 25.7 Å². The molecule has 0 amide bonds. The zero-order chi connectivity index (χ0) is 20.9. The number of allylic oxidation sites excluding steroid dienone is 1. The Morgan fingerprint density at radius 2 is 1.93 bits per heavy atom. The Labute approximate surface area is 174 Å². The summed E-state index contributed by atoms with van der Waals surface area (Å²) in [7, 11) is 0. The summed E-state index contributed by atoms with van der Waals surface area (Å²) in [5, 5.41) is 11.4. The van der Waals surface area contributed by atoms with Crippen LogP contribution in [-0.4, -0.2) is 29.4 Å². The highest BCUT2D eigenvalue weighted by Crippen LogP contribution is 2.62. The van der Waals surface area contributed by atoms with Gasteiger partial charge in [-0.05, 0) is 35.7 Å². The van der Waals surface area contributed by atoms with Gasteiger partial charge in [0.1, 0.15) is 5.60 Å². The van der Waals surface area contributed by atoms with Crippen molar-refractivity contribution in [3.05, 3.63) is 47.5 Å². The average molecular weight is 399 g/mol.